The molecule has 0 aliphatic carbocycles. The van der Waals surface area contributed by atoms with Gasteiger partial charge in [-0.05, 0) is 65.0 Å². The summed E-state index contributed by atoms with van der Waals surface area (Å²) in [7, 11) is 0. The first-order chi connectivity index (χ1) is 24.3. The molecule has 5 heteroatoms. The summed E-state index contributed by atoms with van der Waals surface area (Å²) in [5, 5.41) is 7.02. The van der Waals surface area contributed by atoms with E-state index in [1.165, 1.54) is 27.4 Å². The molecule has 0 radical (unpaired) electrons. The van der Waals surface area contributed by atoms with E-state index in [9.17, 15) is 0 Å². The van der Waals surface area contributed by atoms with Gasteiger partial charge in [0, 0.05) is 38.2 Å². The first-order valence-corrected chi connectivity index (χ1v) is 16.5. The summed E-state index contributed by atoms with van der Waals surface area (Å²) >= 11 is 0. The Morgan fingerprint density at radius 3 is 2.00 bits per heavy atom. The molecule has 49 heavy (non-hydrogen) atoms. The number of para-hydroxylation sites is 3. The third kappa shape index (κ3) is 3.75. The van der Waals surface area contributed by atoms with Gasteiger partial charge in [0.2, 0.25) is 5.95 Å². The number of benzene rings is 7. The highest BCUT2D eigenvalue weighted by Crippen LogP contribution is 2.46. The Balaban J connectivity index is 1.10. The average molecular weight is 627 g/mol. The fourth-order valence-corrected chi connectivity index (χ4v) is 7.82. The Morgan fingerprint density at radius 2 is 1.14 bits per heavy atom. The van der Waals surface area contributed by atoms with Gasteiger partial charge < -0.3 is 9.30 Å². The highest BCUT2D eigenvalue weighted by Gasteiger charge is 2.24. The van der Waals surface area contributed by atoms with Crippen molar-refractivity contribution in [2.75, 3.05) is 0 Å². The summed E-state index contributed by atoms with van der Waals surface area (Å²) in [6.07, 6.45) is 1.81. The minimum absolute atomic E-state index is 0.617. The molecule has 1 aliphatic rings. The molecule has 5 nitrogen and oxygen atoms in total. The van der Waals surface area contributed by atoms with Gasteiger partial charge in [-0.3, -0.25) is 4.57 Å². The lowest BCUT2D eigenvalue weighted by molar-refractivity contribution is 0.481. The Kier molecular flexibility index (Phi) is 5.32. The zero-order valence-corrected chi connectivity index (χ0v) is 26.2. The van der Waals surface area contributed by atoms with Crippen molar-refractivity contribution in [2.45, 2.75) is 0 Å². The molecule has 0 saturated carbocycles. The Hall–Kier alpha value is -6.72. The summed E-state index contributed by atoms with van der Waals surface area (Å²) in [6.45, 7) is 0. The lowest BCUT2D eigenvalue weighted by Gasteiger charge is -2.20. The van der Waals surface area contributed by atoms with E-state index in [4.69, 9.17) is 14.7 Å². The first-order valence-electron chi connectivity index (χ1n) is 16.5. The lowest BCUT2D eigenvalue weighted by Crippen LogP contribution is -2.06. The molecule has 0 fully saturated rings. The van der Waals surface area contributed by atoms with Crippen LogP contribution in [0.4, 0.5) is 0 Å². The van der Waals surface area contributed by atoms with Gasteiger partial charge in [0.05, 0.1) is 28.3 Å². The zero-order valence-electron chi connectivity index (χ0n) is 26.2. The van der Waals surface area contributed by atoms with Gasteiger partial charge in [0.25, 0.3) is 0 Å². The molecule has 11 rings (SSSR count). The summed E-state index contributed by atoms with van der Waals surface area (Å²) in [6, 6.07) is 53.8. The Labute approximate surface area is 280 Å². The standard InChI is InChI=1S/C44H26N4O/c1-2-12-30(13-3-1)47-36-17-6-4-14-31(36)33-22-20-29(25-39(33)47)28-21-23-38-35(24-28)32-15-5-7-18-37(32)48(38)44-45-26-41-43(46-44)34-16-8-10-27-11-9-19-40(49-41)42(27)34/h1-26H. The van der Waals surface area contributed by atoms with Crippen molar-refractivity contribution in [3.63, 3.8) is 0 Å². The monoisotopic (exact) mass is 626 g/mol. The number of hydrogen-bond acceptors (Lipinski definition) is 3. The zero-order chi connectivity index (χ0) is 32.1. The van der Waals surface area contributed by atoms with Crippen LogP contribution < -0.4 is 4.74 Å². The molecule has 0 spiro atoms. The largest absolute Gasteiger partial charge is 0.453 e. The number of aromatic nitrogens is 4. The fourth-order valence-electron chi connectivity index (χ4n) is 7.82. The maximum atomic E-state index is 6.31. The van der Waals surface area contributed by atoms with Crippen LogP contribution in [-0.2, 0) is 0 Å². The summed E-state index contributed by atoms with van der Waals surface area (Å²) in [5.74, 6) is 2.12. The molecule has 0 bridgehead atoms. The topological polar surface area (TPSA) is 44.9 Å². The molecule has 3 aromatic heterocycles. The van der Waals surface area contributed by atoms with E-state index in [2.05, 4.69) is 149 Å². The molecule has 1 aliphatic heterocycles. The van der Waals surface area contributed by atoms with E-state index in [1.807, 2.05) is 18.3 Å². The number of rotatable bonds is 3. The predicted molar refractivity (Wildman–Crippen MR) is 199 cm³/mol. The normalized spacial score (nSPS) is 12.2. The predicted octanol–water partition coefficient (Wildman–Crippen LogP) is 11.3. The van der Waals surface area contributed by atoms with Crippen LogP contribution >= 0.6 is 0 Å². The van der Waals surface area contributed by atoms with E-state index in [-0.39, 0.29) is 0 Å². The summed E-state index contributed by atoms with van der Waals surface area (Å²) in [5.41, 5.74) is 9.85. The number of ether oxygens (including phenoxy) is 1. The molecule has 7 aromatic carbocycles. The van der Waals surface area contributed by atoms with Gasteiger partial charge in [-0.2, -0.15) is 0 Å². The van der Waals surface area contributed by atoms with Crippen LogP contribution in [0.15, 0.2) is 158 Å². The molecule has 0 saturated heterocycles. The van der Waals surface area contributed by atoms with Crippen molar-refractivity contribution < 1.29 is 4.74 Å². The van der Waals surface area contributed by atoms with E-state index in [1.54, 1.807) is 0 Å². The summed E-state index contributed by atoms with van der Waals surface area (Å²) in [4.78, 5) is 10.0. The third-order valence-corrected chi connectivity index (χ3v) is 9.98. The van der Waals surface area contributed by atoms with Crippen molar-refractivity contribution in [1.29, 1.82) is 0 Å². The molecule has 0 unspecified atom stereocenters. The average Bonchev–Trinajstić information content (AvgIpc) is 3.67. The minimum atomic E-state index is 0.617. The molecular weight excluding hydrogens is 601 g/mol. The van der Waals surface area contributed by atoms with Gasteiger partial charge in [0.15, 0.2) is 5.75 Å². The molecule has 228 valence electrons. The SMILES string of the molecule is c1ccc(-n2c3ccccc3c3ccc(-c4ccc5c(c4)c4ccccc4n5-c4ncc5c(n4)-c4cccc6cccc(c46)O5)cc32)cc1. The van der Waals surface area contributed by atoms with Gasteiger partial charge >= 0.3 is 0 Å². The third-order valence-electron chi connectivity index (χ3n) is 9.98. The Bertz CT molecular complexity index is 2970. The number of hydrogen-bond donors (Lipinski definition) is 0. The quantitative estimate of drug-likeness (QED) is 0.196. The molecule has 4 heterocycles. The molecular formula is C44H26N4O. The fraction of sp³-hybridized carbons (Fsp3) is 0. The van der Waals surface area contributed by atoms with Crippen LogP contribution in [0.25, 0.3) is 88.4 Å². The van der Waals surface area contributed by atoms with E-state index >= 15 is 0 Å². The number of fused-ring (bicyclic) bond motifs is 8. The second kappa shape index (κ2) is 9.89. The van der Waals surface area contributed by atoms with Crippen LogP contribution in [0.3, 0.4) is 0 Å². The highest BCUT2D eigenvalue weighted by atomic mass is 16.5. The first kappa shape index (κ1) is 26.4. The maximum Gasteiger partial charge on any atom is 0.235 e. The van der Waals surface area contributed by atoms with Crippen LogP contribution in [-0.4, -0.2) is 19.1 Å². The number of nitrogens with zero attached hydrogens (tertiary/aromatic N) is 4. The van der Waals surface area contributed by atoms with Gasteiger partial charge in [-0.15, -0.1) is 0 Å². The van der Waals surface area contributed by atoms with Crippen molar-refractivity contribution >= 4 is 54.4 Å². The Morgan fingerprint density at radius 1 is 0.469 bits per heavy atom. The van der Waals surface area contributed by atoms with E-state index in [0.29, 0.717) is 11.7 Å². The molecule has 0 amide bonds. The van der Waals surface area contributed by atoms with Crippen molar-refractivity contribution in [3.8, 4) is 45.5 Å². The highest BCUT2D eigenvalue weighted by molar-refractivity contribution is 6.12. The van der Waals surface area contributed by atoms with E-state index < -0.39 is 0 Å². The molecule has 0 N–H and O–H groups in total. The smallest absolute Gasteiger partial charge is 0.235 e. The molecule has 10 aromatic rings. The second-order valence-corrected chi connectivity index (χ2v) is 12.6. The molecule has 0 atom stereocenters. The van der Waals surface area contributed by atoms with Crippen molar-refractivity contribution in [3.05, 3.63) is 158 Å². The van der Waals surface area contributed by atoms with Crippen molar-refractivity contribution in [1.82, 2.24) is 19.1 Å². The summed E-state index contributed by atoms with van der Waals surface area (Å²) < 4.78 is 10.9. The van der Waals surface area contributed by atoms with Crippen molar-refractivity contribution in [2.24, 2.45) is 0 Å². The van der Waals surface area contributed by atoms with Gasteiger partial charge in [-0.1, -0.05) is 103 Å². The minimum Gasteiger partial charge on any atom is -0.453 e. The maximum absolute atomic E-state index is 6.31. The lowest BCUT2D eigenvalue weighted by atomic mass is 9.99. The van der Waals surface area contributed by atoms with Gasteiger partial charge in [-0.25, -0.2) is 9.97 Å². The van der Waals surface area contributed by atoms with E-state index in [0.717, 1.165) is 60.8 Å². The van der Waals surface area contributed by atoms with Crippen LogP contribution in [0.1, 0.15) is 0 Å². The van der Waals surface area contributed by atoms with Crippen LogP contribution in [0.2, 0.25) is 0 Å². The van der Waals surface area contributed by atoms with Crippen LogP contribution in [0.5, 0.6) is 11.5 Å². The van der Waals surface area contributed by atoms with Gasteiger partial charge in [0.1, 0.15) is 11.4 Å². The van der Waals surface area contributed by atoms with Crippen LogP contribution in [0, 0.1) is 0 Å². The second-order valence-electron chi connectivity index (χ2n) is 12.6.